The van der Waals surface area contributed by atoms with Gasteiger partial charge in [-0.15, -0.1) is 0 Å². The molecule has 2 heteroatoms. The third kappa shape index (κ3) is 0.971. The highest BCUT2D eigenvalue weighted by molar-refractivity contribution is 5.79. The van der Waals surface area contributed by atoms with Crippen molar-refractivity contribution in [2.24, 2.45) is 0 Å². The third-order valence-corrected chi connectivity index (χ3v) is 2.63. The molecule has 0 unspecified atom stereocenters. The number of hydrogen-bond donors (Lipinski definition) is 0. The molecule has 1 amide bonds. The lowest BCUT2D eigenvalue weighted by Crippen LogP contribution is -2.30. The van der Waals surface area contributed by atoms with Crippen molar-refractivity contribution in [3.05, 3.63) is 11.3 Å². The zero-order valence-electron chi connectivity index (χ0n) is 6.89. The van der Waals surface area contributed by atoms with Gasteiger partial charge in [0.05, 0.1) is 0 Å². The molecule has 0 aromatic carbocycles. The highest BCUT2D eigenvalue weighted by Crippen LogP contribution is 2.30. The minimum absolute atomic E-state index is 0.336. The molecular formula is C9H13NO. The minimum atomic E-state index is 0.336. The normalized spacial score (nSPS) is 24.5. The molecule has 0 atom stereocenters. The van der Waals surface area contributed by atoms with Gasteiger partial charge >= 0.3 is 0 Å². The van der Waals surface area contributed by atoms with Crippen LogP contribution in [0.1, 0.15) is 32.6 Å². The molecule has 2 aliphatic rings. The highest BCUT2D eigenvalue weighted by Gasteiger charge is 2.27. The van der Waals surface area contributed by atoms with Crippen LogP contribution >= 0.6 is 0 Å². The van der Waals surface area contributed by atoms with Crippen LogP contribution in [0.25, 0.3) is 0 Å². The topological polar surface area (TPSA) is 20.3 Å². The Morgan fingerprint density at radius 3 is 2.82 bits per heavy atom. The van der Waals surface area contributed by atoms with Gasteiger partial charge in [-0.25, -0.2) is 0 Å². The van der Waals surface area contributed by atoms with Gasteiger partial charge in [0.25, 0.3) is 0 Å². The van der Waals surface area contributed by atoms with E-state index >= 15 is 0 Å². The molecule has 2 aliphatic heterocycles. The predicted octanol–water partition coefficient (Wildman–Crippen LogP) is 1.68. The van der Waals surface area contributed by atoms with E-state index in [1.165, 1.54) is 11.3 Å². The molecule has 2 heterocycles. The molecule has 0 aromatic heterocycles. The second-order valence-electron chi connectivity index (χ2n) is 3.38. The van der Waals surface area contributed by atoms with E-state index in [1.807, 2.05) is 4.90 Å². The Hall–Kier alpha value is -0.790. The number of nitrogens with zero attached hydrogens (tertiary/aromatic N) is 1. The summed E-state index contributed by atoms with van der Waals surface area (Å²) in [5.41, 5.74) is 2.75. The van der Waals surface area contributed by atoms with Crippen molar-refractivity contribution in [2.75, 3.05) is 6.54 Å². The van der Waals surface area contributed by atoms with Crippen LogP contribution in [0.3, 0.4) is 0 Å². The standard InChI is InChI=1S/C9H13NO/c1-7-5-6-10-8(7)3-2-4-9(10)11/h2-6H2,1H3. The van der Waals surface area contributed by atoms with E-state index in [2.05, 4.69) is 6.92 Å². The van der Waals surface area contributed by atoms with E-state index in [0.29, 0.717) is 5.91 Å². The van der Waals surface area contributed by atoms with Crippen LogP contribution in [0.5, 0.6) is 0 Å². The average Bonchev–Trinajstić information content (AvgIpc) is 2.35. The second-order valence-corrected chi connectivity index (χ2v) is 3.38. The van der Waals surface area contributed by atoms with Crippen molar-refractivity contribution in [3.8, 4) is 0 Å². The first-order valence-electron chi connectivity index (χ1n) is 4.28. The molecule has 0 saturated carbocycles. The van der Waals surface area contributed by atoms with E-state index in [-0.39, 0.29) is 0 Å². The van der Waals surface area contributed by atoms with Crippen LogP contribution in [0, 0.1) is 0 Å². The fraction of sp³-hybridized carbons (Fsp3) is 0.667. The summed E-state index contributed by atoms with van der Waals surface area (Å²) in [7, 11) is 0. The molecule has 0 bridgehead atoms. The number of carbonyl (C=O) groups is 1. The maximum atomic E-state index is 11.3. The first-order chi connectivity index (χ1) is 5.29. The molecule has 0 N–H and O–H groups in total. The maximum absolute atomic E-state index is 11.3. The fourth-order valence-corrected chi connectivity index (χ4v) is 1.95. The molecule has 1 fully saturated rings. The fourth-order valence-electron chi connectivity index (χ4n) is 1.95. The number of amides is 1. The monoisotopic (exact) mass is 151 g/mol. The number of carbonyl (C=O) groups excluding carboxylic acids is 1. The van der Waals surface area contributed by atoms with Crippen LogP contribution < -0.4 is 0 Å². The van der Waals surface area contributed by atoms with E-state index in [1.54, 1.807) is 0 Å². The average molecular weight is 151 g/mol. The lowest BCUT2D eigenvalue weighted by molar-refractivity contribution is -0.130. The summed E-state index contributed by atoms with van der Waals surface area (Å²) in [4.78, 5) is 13.3. The number of fused-ring (bicyclic) bond motifs is 1. The second kappa shape index (κ2) is 2.36. The molecule has 11 heavy (non-hydrogen) atoms. The van der Waals surface area contributed by atoms with Crippen LogP contribution in [-0.2, 0) is 4.79 Å². The first kappa shape index (κ1) is 6.89. The maximum Gasteiger partial charge on any atom is 0.226 e. The van der Waals surface area contributed by atoms with Gasteiger partial charge in [0.2, 0.25) is 5.91 Å². The number of hydrogen-bond acceptors (Lipinski definition) is 1. The molecular weight excluding hydrogens is 138 g/mol. The molecule has 60 valence electrons. The first-order valence-corrected chi connectivity index (χ1v) is 4.28. The Balaban J connectivity index is 2.28. The molecule has 0 aliphatic carbocycles. The van der Waals surface area contributed by atoms with Crippen molar-refractivity contribution >= 4 is 5.91 Å². The molecule has 0 radical (unpaired) electrons. The smallest absolute Gasteiger partial charge is 0.226 e. The van der Waals surface area contributed by atoms with Crippen molar-refractivity contribution < 1.29 is 4.79 Å². The molecule has 0 spiro atoms. The Labute approximate surface area is 66.9 Å². The molecule has 2 rings (SSSR count). The molecule has 0 aromatic rings. The predicted molar refractivity (Wildman–Crippen MR) is 42.9 cm³/mol. The highest BCUT2D eigenvalue weighted by atomic mass is 16.2. The largest absolute Gasteiger partial charge is 0.316 e. The van der Waals surface area contributed by atoms with Gasteiger partial charge < -0.3 is 4.90 Å². The molecule has 1 saturated heterocycles. The van der Waals surface area contributed by atoms with E-state index in [0.717, 1.165) is 32.2 Å². The number of piperidine rings is 1. The third-order valence-electron chi connectivity index (χ3n) is 2.63. The summed E-state index contributed by atoms with van der Waals surface area (Å²) < 4.78 is 0. The lowest BCUT2D eigenvalue weighted by Gasteiger charge is -2.25. The zero-order valence-corrected chi connectivity index (χ0v) is 6.89. The Bertz CT molecular complexity index is 230. The molecule has 2 nitrogen and oxygen atoms in total. The van der Waals surface area contributed by atoms with E-state index in [9.17, 15) is 4.79 Å². The van der Waals surface area contributed by atoms with Gasteiger partial charge in [0.15, 0.2) is 0 Å². The summed E-state index contributed by atoms with van der Waals surface area (Å²) >= 11 is 0. The van der Waals surface area contributed by atoms with Crippen LogP contribution in [0.4, 0.5) is 0 Å². The van der Waals surface area contributed by atoms with Crippen molar-refractivity contribution in [1.29, 1.82) is 0 Å². The van der Waals surface area contributed by atoms with Crippen LogP contribution in [0.15, 0.2) is 11.3 Å². The quantitative estimate of drug-likeness (QED) is 0.515. The van der Waals surface area contributed by atoms with Gasteiger partial charge in [0, 0.05) is 18.7 Å². The summed E-state index contributed by atoms with van der Waals surface area (Å²) in [5.74, 6) is 0.336. The SMILES string of the molecule is CC1=C2CCCC(=O)N2CC1. The summed E-state index contributed by atoms with van der Waals surface area (Å²) in [5, 5.41) is 0. The number of rotatable bonds is 0. The Kier molecular flexibility index (Phi) is 1.48. The Morgan fingerprint density at radius 1 is 1.27 bits per heavy atom. The van der Waals surface area contributed by atoms with Crippen LogP contribution in [0.2, 0.25) is 0 Å². The van der Waals surface area contributed by atoms with Gasteiger partial charge in [-0.1, -0.05) is 5.57 Å². The lowest BCUT2D eigenvalue weighted by atomic mass is 10.1. The summed E-state index contributed by atoms with van der Waals surface area (Å²) in [6.07, 6.45) is 4.04. The van der Waals surface area contributed by atoms with Gasteiger partial charge in [-0.2, -0.15) is 0 Å². The van der Waals surface area contributed by atoms with Crippen molar-refractivity contribution in [1.82, 2.24) is 4.90 Å². The van der Waals surface area contributed by atoms with Gasteiger partial charge in [-0.05, 0) is 26.2 Å². The van der Waals surface area contributed by atoms with Gasteiger partial charge in [-0.3, -0.25) is 4.79 Å². The Morgan fingerprint density at radius 2 is 2.09 bits per heavy atom. The van der Waals surface area contributed by atoms with Crippen molar-refractivity contribution in [2.45, 2.75) is 32.6 Å². The van der Waals surface area contributed by atoms with Crippen molar-refractivity contribution in [3.63, 3.8) is 0 Å². The van der Waals surface area contributed by atoms with Gasteiger partial charge in [0.1, 0.15) is 0 Å². The minimum Gasteiger partial charge on any atom is -0.316 e. The zero-order chi connectivity index (χ0) is 7.84. The summed E-state index contributed by atoms with van der Waals surface area (Å²) in [6.45, 7) is 3.09. The summed E-state index contributed by atoms with van der Waals surface area (Å²) in [6, 6.07) is 0. The van der Waals surface area contributed by atoms with Crippen LogP contribution in [-0.4, -0.2) is 17.4 Å². The van der Waals surface area contributed by atoms with E-state index < -0.39 is 0 Å². The van der Waals surface area contributed by atoms with E-state index in [4.69, 9.17) is 0 Å². The number of allylic oxidation sites excluding steroid dienone is 1.